The van der Waals surface area contributed by atoms with Gasteiger partial charge in [0.15, 0.2) is 0 Å². The molecule has 1 atom stereocenters. The molecular weight excluding hydrogens is 264 g/mol. The van der Waals surface area contributed by atoms with E-state index in [-0.39, 0.29) is 17.9 Å². The molecule has 0 bridgehead atoms. The van der Waals surface area contributed by atoms with Gasteiger partial charge in [0, 0.05) is 33.1 Å². The predicted octanol–water partition coefficient (Wildman–Crippen LogP) is 0.405. The molecule has 104 valence electrons. The number of nitrogens with two attached hydrogens (primary N) is 1. The standard InChI is InChI=1S/C12H18N4O2S/c1-7(17)15-8-3-4-16(6-8)10-5-9(13)11(19-10)12(18)14-2/h5,8H,3-4,6,13H2,1-2H3,(H,14,18)(H,15,17). The van der Waals surface area contributed by atoms with E-state index in [0.29, 0.717) is 10.6 Å². The SMILES string of the molecule is CNC(=O)c1sc(N2CCC(NC(C)=O)C2)cc1N. The van der Waals surface area contributed by atoms with Gasteiger partial charge in [-0.2, -0.15) is 0 Å². The zero-order valence-corrected chi connectivity index (χ0v) is 11.8. The quantitative estimate of drug-likeness (QED) is 0.749. The lowest BCUT2D eigenvalue weighted by Gasteiger charge is -2.16. The van der Waals surface area contributed by atoms with Crippen LogP contribution < -0.4 is 21.3 Å². The Balaban J connectivity index is 2.07. The van der Waals surface area contributed by atoms with Crippen LogP contribution in [0.3, 0.4) is 0 Å². The first-order valence-corrected chi connectivity index (χ1v) is 6.96. The summed E-state index contributed by atoms with van der Waals surface area (Å²) in [5.74, 6) is -0.171. The molecule has 7 heteroatoms. The first kappa shape index (κ1) is 13.7. The lowest BCUT2D eigenvalue weighted by molar-refractivity contribution is -0.119. The van der Waals surface area contributed by atoms with Gasteiger partial charge >= 0.3 is 0 Å². The third kappa shape index (κ3) is 2.98. The van der Waals surface area contributed by atoms with Gasteiger partial charge in [0.05, 0.1) is 10.7 Å². The fraction of sp³-hybridized carbons (Fsp3) is 0.500. The van der Waals surface area contributed by atoms with Crippen molar-refractivity contribution < 1.29 is 9.59 Å². The van der Waals surface area contributed by atoms with Crippen LogP contribution in [0, 0.1) is 0 Å². The second-order valence-corrected chi connectivity index (χ2v) is 5.61. The fourth-order valence-corrected chi connectivity index (χ4v) is 3.27. The van der Waals surface area contributed by atoms with Crippen molar-refractivity contribution in [1.29, 1.82) is 0 Å². The predicted molar refractivity (Wildman–Crippen MR) is 76.6 cm³/mol. The highest BCUT2D eigenvalue weighted by atomic mass is 32.1. The van der Waals surface area contributed by atoms with Crippen LogP contribution in [0.2, 0.25) is 0 Å². The number of rotatable bonds is 3. The van der Waals surface area contributed by atoms with E-state index < -0.39 is 0 Å². The van der Waals surface area contributed by atoms with Crippen LogP contribution in [0.25, 0.3) is 0 Å². The number of nitrogen functional groups attached to an aromatic ring is 1. The smallest absolute Gasteiger partial charge is 0.263 e. The highest BCUT2D eigenvalue weighted by molar-refractivity contribution is 7.18. The summed E-state index contributed by atoms with van der Waals surface area (Å²) in [7, 11) is 1.59. The van der Waals surface area contributed by atoms with E-state index >= 15 is 0 Å². The Hall–Kier alpha value is -1.76. The Morgan fingerprint density at radius 2 is 2.26 bits per heavy atom. The molecule has 1 aromatic rings. The maximum Gasteiger partial charge on any atom is 0.263 e. The monoisotopic (exact) mass is 282 g/mol. The van der Waals surface area contributed by atoms with Crippen molar-refractivity contribution in [2.45, 2.75) is 19.4 Å². The topological polar surface area (TPSA) is 87.5 Å². The normalized spacial score (nSPS) is 18.4. The summed E-state index contributed by atoms with van der Waals surface area (Å²) >= 11 is 1.39. The van der Waals surface area contributed by atoms with Crippen LogP contribution >= 0.6 is 11.3 Å². The third-order valence-electron chi connectivity index (χ3n) is 3.09. The Morgan fingerprint density at radius 3 is 2.89 bits per heavy atom. The van der Waals surface area contributed by atoms with E-state index in [1.54, 1.807) is 7.05 Å². The summed E-state index contributed by atoms with van der Waals surface area (Å²) in [6.45, 7) is 3.14. The van der Waals surface area contributed by atoms with Crippen molar-refractivity contribution in [3.8, 4) is 0 Å². The largest absolute Gasteiger partial charge is 0.397 e. The lowest BCUT2D eigenvalue weighted by Crippen LogP contribution is -2.35. The lowest BCUT2D eigenvalue weighted by atomic mass is 10.3. The average Bonchev–Trinajstić information content (AvgIpc) is 2.94. The summed E-state index contributed by atoms with van der Waals surface area (Å²) in [6.07, 6.45) is 0.909. The molecule has 2 heterocycles. The summed E-state index contributed by atoms with van der Waals surface area (Å²) in [6, 6.07) is 2.00. The zero-order chi connectivity index (χ0) is 14.0. The molecule has 1 aliphatic heterocycles. The Kier molecular flexibility index (Phi) is 3.94. The molecule has 19 heavy (non-hydrogen) atoms. The summed E-state index contributed by atoms with van der Waals surface area (Å²) < 4.78 is 0. The third-order valence-corrected chi connectivity index (χ3v) is 4.30. The number of nitrogens with one attached hydrogen (secondary N) is 2. The van der Waals surface area contributed by atoms with Crippen molar-refractivity contribution in [3.63, 3.8) is 0 Å². The highest BCUT2D eigenvalue weighted by Crippen LogP contribution is 2.33. The second-order valence-electron chi connectivity index (χ2n) is 4.58. The molecular formula is C12H18N4O2S. The maximum absolute atomic E-state index is 11.6. The minimum Gasteiger partial charge on any atom is -0.397 e. The number of hydrogen-bond donors (Lipinski definition) is 3. The van der Waals surface area contributed by atoms with E-state index in [1.165, 1.54) is 18.3 Å². The van der Waals surface area contributed by atoms with Gasteiger partial charge in [0.1, 0.15) is 4.88 Å². The van der Waals surface area contributed by atoms with Crippen molar-refractivity contribution in [2.75, 3.05) is 30.8 Å². The molecule has 0 spiro atoms. The highest BCUT2D eigenvalue weighted by Gasteiger charge is 2.25. The van der Waals surface area contributed by atoms with Gasteiger partial charge in [0.25, 0.3) is 5.91 Å². The first-order valence-electron chi connectivity index (χ1n) is 6.14. The number of amides is 2. The van der Waals surface area contributed by atoms with Crippen molar-refractivity contribution in [3.05, 3.63) is 10.9 Å². The molecule has 4 N–H and O–H groups in total. The van der Waals surface area contributed by atoms with E-state index in [0.717, 1.165) is 24.5 Å². The molecule has 1 saturated heterocycles. The van der Waals surface area contributed by atoms with E-state index in [9.17, 15) is 9.59 Å². The van der Waals surface area contributed by atoms with Gasteiger partial charge in [-0.25, -0.2) is 0 Å². The Bertz CT molecular complexity index is 500. The molecule has 0 aromatic carbocycles. The molecule has 2 amide bonds. The summed E-state index contributed by atoms with van der Waals surface area (Å²) in [5.41, 5.74) is 6.36. The van der Waals surface area contributed by atoms with Crippen LogP contribution in [-0.4, -0.2) is 38.0 Å². The van der Waals surface area contributed by atoms with Crippen molar-refractivity contribution in [1.82, 2.24) is 10.6 Å². The van der Waals surface area contributed by atoms with E-state index in [2.05, 4.69) is 15.5 Å². The minimum atomic E-state index is -0.161. The average molecular weight is 282 g/mol. The van der Waals surface area contributed by atoms with E-state index in [4.69, 9.17) is 5.73 Å². The number of anilines is 2. The van der Waals surface area contributed by atoms with Crippen LogP contribution in [0.5, 0.6) is 0 Å². The molecule has 0 saturated carbocycles. The zero-order valence-electron chi connectivity index (χ0n) is 11.0. The summed E-state index contributed by atoms with van der Waals surface area (Å²) in [4.78, 5) is 25.3. The van der Waals surface area contributed by atoms with Gasteiger partial charge < -0.3 is 21.3 Å². The minimum absolute atomic E-state index is 0.0106. The van der Waals surface area contributed by atoms with Crippen molar-refractivity contribution >= 4 is 33.8 Å². The molecule has 1 fully saturated rings. The Morgan fingerprint density at radius 1 is 1.53 bits per heavy atom. The Labute approximate surface area is 116 Å². The number of carbonyl (C=O) groups excluding carboxylic acids is 2. The van der Waals surface area contributed by atoms with Gasteiger partial charge in [-0.15, -0.1) is 11.3 Å². The van der Waals surface area contributed by atoms with Gasteiger partial charge in [-0.05, 0) is 12.5 Å². The van der Waals surface area contributed by atoms with Crippen molar-refractivity contribution in [2.24, 2.45) is 0 Å². The van der Waals surface area contributed by atoms with Gasteiger partial charge in [-0.3, -0.25) is 9.59 Å². The van der Waals surface area contributed by atoms with Crippen LogP contribution in [0.1, 0.15) is 23.0 Å². The van der Waals surface area contributed by atoms with E-state index in [1.807, 2.05) is 6.07 Å². The molecule has 1 unspecified atom stereocenters. The number of thiophene rings is 1. The molecule has 1 aromatic heterocycles. The number of carbonyl (C=O) groups is 2. The van der Waals surface area contributed by atoms with Crippen LogP contribution in [0.15, 0.2) is 6.07 Å². The first-order chi connectivity index (χ1) is 9.01. The summed E-state index contributed by atoms with van der Waals surface area (Å²) in [5, 5.41) is 6.46. The molecule has 2 rings (SSSR count). The van der Waals surface area contributed by atoms with Gasteiger partial charge in [0.2, 0.25) is 5.91 Å². The van der Waals surface area contributed by atoms with Gasteiger partial charge in [-0.1, -0.05) is 0 Å². The van der Waals surface area contributed by atoms with Crippen LogP contribution in [0.4, 0.5) is 10.7 Å². The molecule has 1 aliphatic rings. The molecule has 0 aliphatic carbocycles. The molecule has 0 radical (unpaired) electrons. The maximum atomic E-state index is 11.6. The fourth-order valence-electron chi connectivity index (χ4n) is 2.20. The molecule has 6 nitrogen and oxygen atoms in total. The number of hydrogen-bond acceptors (Lipinski definition) is 5. The number of nitrogens with zero attached hydrogens (tertiary/aromatic N) is 1. The van der Waals surface area contributed by atoms with Crippen LogP contribution in [-0.2, 0) is 4.79 Å². The second kappa shape index (κ2) is 5.48.